The van der Waals surface area contributed by atoms with Gasteiger partial charge in [0, 0.05) is 66.1 Å². The maximum Gasteiger partial charge on any atom is 0.442 e. The number of fused-ring (bicyclic) bond motifs is 5. The van der Waals surface area contributed by atoms with Crippen molar-refractivity contribution in [2.24, 2.45) is 0 Å². The van der Waals surface area contributed by atoms with Gasteiger partial charge in [-0.3, -0.25) is 9.88 Å². The molecule has 4 unspecified atom stereocenters. The number of alkyl halides is 3. The lowest BCUT2D eigenvalue weighted by atomic mass is 9.90. The number of aromatic hydroxyl groups is 1. The second kappa shape index (κ2) is 12.1. The van der Waals surface area contributed by atoms with Crippen molar-refractivity contribution in [3.05, 3.63) is 47.7 Å². The van der Waals surface area contributed by atoms with Crippen molar-refractivity contribution in [3.8, 4) is 35.4 Å². The van der Waals surface area contributed by atoms with Crippen molar-refractivity contribution in [2.75, 3.05) is 37.7 Å². The number of piperazine rings is 1. The van der Waals surface area contributed by atoms with E-state index in [1.807, 2.05) is 0 Å². The molecule has 4 saturated heterocycles. The highest BCUT2D eigenvalue weighted by Gasteiger charge is 2.50. The summed E-state index contributed by atoms with van der Waals surface area (Å²) in [6.07, 6.45) is 11.7. The third kappa shape index (κ3) is 5.89. The smallest absolute Gasteiger partial charge is 0.442 e. The highest BCUT2D eigenvalue weighted by molar-refractivity contribution is 8.00. The quantitative estimate of drug-likeness (QED) is 0.169. The zero-order valence-electron chi connectivity index (χ0n) is 26.4. The highest BCUT2D eigenvalue weighted by atomic mass is 32.2. The van der Waals surface area contributed by atoms with E-state index in [1.165, 1.54) is 30.5 Å². The van der Waals surface area contributed by atoms with Gasteiger partial charge < -0.3 is 20.1 Å². The molecule has 49 heavy (non-hydrogen) atoms. The lowest BCUT2D eigenvalue weighted by Gasteiger charge is -2.34. The van der Waals surface area contributed by atoms with E-state index in [4.69, 9.17) is 16.1 Å². The van der Waals surface area contributed by atoms with Crippen LogP contribution in [0.4, 0.5) is 27.8 Å². The zero-order valence-corrected chi connectivity index (χ0v) is 27.2. The number of nitrogens with one attached hydrogen (secondary N) is 1. The summed E-state index contributed by atoms with van der Waals surface area (Å²) in [4.78, 5) is 18.0. The number of anilines is 1. The molecule has 0 spiro atoms. The molecule has 0 aliphatic carbocycles. The summed E-state index contributed by atoms with van der Waals surface area (Å²) in [5, 5.41) is 14.6. The third-order valence-corrected chi connectivity index (χ3v) is 11.4. The van der Waals surface area contributed by atoms with Gasteiger partial charge in [-0.05, 0) is 74.0 Å². The standard InChI is InChI=1S/C35H33F5N6O2S/c1-2-24-27(36)7-4-19-12-22(47)13-25(28(19)24)30-29(37)31-26(15-41-30)32(45-16-20-5-6-21(17-45)42-20)44-33(43-31)48-11-9-34-8-3-10-46(34)18-23(14-34)49-35(38,39)40/h1,4,7,12-13,15,20-21,23,42,47H,3,5-6,8-11,14,16-18H2. The van der Waals surface area contributed by atoms with Crippen LogP contribution in [0.5, 0.6) is 11.8 Å². The first kappa shape index (κ1) is 32.3. The van der Waals surface area contributed by atoms with E-state index < -0.39 is 27.9 Å². The van der Waals surface area contributed by atoms with E-state index in [0.29, 0.717) is 49.1 Å². The van der Waals surface area contributed by atoms with Crippen molar-refractivity contribution in [1.29, 1.82) is 0 Å². The molecule has 2 N–H and O–H groups in total. The predicted octanol–water partition coefficient (Wildman–Crippen LogP) is 6.38. The summed E-state index contributed by atoms with van der Waals surface area (Å²) in [6.45, 7) is 2.54. The first-order chi connectivity index (χ1) is 23.5. The highest BCUT2D eigenvalue weighted by Crippen LogP contribution is 2.48. The van der Waals surface area contributed by atoms with Gasteiger partial charge in [0.2, 0.25) is 0 Å². The maximum absolute atomic E-state index is 16.8. The van der Waals surface area contributed by atoms with Crippen molar-refractivity contribution in [2.45, 2.75) is 66.9 Å². The number of rotatable bonds is 7. The molecule has 4 aromatic rings. The van der Waals surface area contributed by atoms with Gasteiger partial charge >= 0.3 is 11.5 Å². The summed E-state index contributed by atoms with van der Waals surface area (Å²) in [6, 6.07) is 5.81. The lowest BCUT2D eigenvalue weighted by molar-refractivity contribution is -0.0333. The molecule has 8 rings (SSSR count). The number of benzene rings is 2. The van der Waals surface area contributed by atoms with Gasteiger partial charge in [0.15, 0.2) is 5.82 Å². The Morgan fingerprint density at radius 1 is 1.12 bits per heavy atom. The minimum Gasteiger partial charge on any atom is -0.508 e. The first-order valence-corrected chi connectivity index (χ1v) is 17.3. The number of hydrogen-bond acceptors (Lipinski definition) is 9. The number of hydrogen-bond donors (Lipinski definition) is 2. The molecule has 4 aliphatic rings. The van der Waals surface area contributed by atoms with Gasteiger partial charge in [-0.15, -0.1) is 6.42 Å². The van der Waals surface area contributed by atoms with Crippen LogP contribution in [0.3, 0.4) is 0 Å². The Labute approximate surface area is 283 Å². The number of phenols is 1. The molecule has 2 bridgehead atoms. The Hall–Kier alpha value is -3.93. The number of pyridine rings is 1. The van der Waals surface area contributed by atoms with Crippen LogP contribution in [0.25, 0.3) is 32.9 Å². The topological polar surface area (TPSA) is 86.6 Å². The van der Waals surface area contributed by atoms with Crippen LogP contribution in [0, 0.1) is 24.0 Å². The van der Waals surface area contributed by atoms with E-state index in [1.54, 1.807) is 0 Å². The molecule has 4 fully saturated rings. The average Bonchev–Trinajstić information content (AvgIpc) is 3.70. The summed E-state index contributed by atoms with van der Waals surface area (Å²) in [5.74, 6) is 1.16. The summed E-state index contributed by atoms with van der Waals surface area (Å²) in [5.41, 5.74) is -4.90. The Morgan fingerprint density at radius 2 is 1.92 bits per heavy atom. The van der Waals surface area contributed by atoms with E-state index in [0.717, 1.165) is 32.2 Å². The Balaban J connectivity index is 1.17. The SMILES string of the molecule is C#Cc1c(F)ccc2cc(O)cc(-c3ncc4c(N5CC6CCC(C5)N6)nc(OCCC56CCCN5CC(SC(F)(F)F)C6)nc4c3F)c12. The van der Waals surface area contributed by atoms with Crippen molar-refractivity contribution in [1.82, 2.24) is 25.2 Å². The fraction of sp³-hybridized carbons (Fsp3) is 0.457. The molecule has 0 radical (unpaired) electrons. The number of halogens is 5. The second-order valence-electron chi connectivity index (χ2n) is 13.5. The van der Waals surface area contributed by atoms with Gasteiger partial charge in [-0.2, -0.15) is 23.1 Å². The number of thioether (sulfide) groups is 1. The van der Waals surface area contributed by atoms with Crippen molar-refractivity contribution < 1.29 is 31.8 Å². The summed E-state index contributed by atoms with van der Waals surface area (Å²) >= 11 is 0.0668. The minimum atomic E-state index is -4.29. The van der Waals surface area contributed by atoms with Gasteiger partial charge in [0.25, 0.3) is 0 Å². The van der Waals surface area contributed by atoms with Gasteiger partial charge in [0.05, 0.1) is 17.6 Å². The Kier molecular flexibility index (Phi) is 8.00. The maximum atomic E-state index is 16.8. The molecule has 2 aromatic heterocycles. The number of phenolic OH excluding ortho intramolecular Hbond substituents is 1. The van der Waals surface area contributed by atoms with Crippen LogP contribution < -0.4 is 15.0 Å². The van der Waals surface area contributed by atoms with Crippen molar-refractivity contribution in [3.63, 3.8) is 0 Å². The predicted molar refractivity (Wildman–Crippen MR) is 178 cm³/mol. The second-order valence-corrected chi connectivity index (χ2v) is 14.8. The van der Waals surface area contributed by atoms with Gasteiger partial charge in [-0.25, -0.2) is 8.78 Å². The van der Waals surface area contributed by atoms with Gasteiger partial charge in [0.1, 0.15) is 28.6 Å². The number of terminal acetylenes is 1. The van der Waals surface area contributed by atoms with Crippen LogP contribution in [-0.2, 0) is 0 Å². The van der Waals surface area contributed by atoms with Crippen LogP contribution in [-0.4, -0.2) is 86.1 Å². The molecule has 8 nitrogen and oxygen atoms in total. The van der Waals surface area contributed by atoms with Gasteiger partial charge in [-0.1, -0.05) is 12.0 Å². The minimum absolute atomic E-state index is 0.0549. The van der Waals surface area contributed by atoms with Crippen LogP contribution in [0.2, 0.25) is 0 Å². The molecular formula is C35H33F5N6O2S. The zero-order chi connectivity index (χ0) is 34.1. The monoisotopic (exact) mass is 696 g/mol. The van der Waals surface area contributed by atoms with E-state index >= 15 is 4.39 Å². The molecule has 14 heteroatoms. The average molecular weight is 697 g/mol. The van der Waals surface area contributed by atoms with E-state index in [9.17, 15) is 22.7 Å². The molecular weight excluding hydrogens is 663 g/mol. The summed E-state index contributed by atoms with van der Waals surface area (Å²) < 4.78 is 77.4. The molecule has 0 amide bonds. The Bertz CT molecular complexity index is 1990. The van der Waals surface area contributed by atoms with Crippen molar-refractivity contribution >= 4 is 39.3 Å². The number of nitrogens with zero attached hydrogens (tertiary/aromatic N) is 5. The fourth-order valence-corrected chi connectivity index (χ4v) is 9.49. The first-order valence-electron chi connectivity index (χ1n) is 16.4. The normalized spacial score (nSPS) is 25.3. The third-order valence-electron chi connectivity index (χ3n) is 10.5. The Morgan fingerprint density at radius 3 is 2.67 bits per heavy atom. The molecule has 6 heterocycles. The fourth-order valence-electron chi connectivity index (χ4n) is 8.47. The molecule has 0 saturated carbocycles. The van der Waals surface area contributed by atoms with E-state index in [2.05, 4.69) is 31.0 Å². The number of aromatic nitrogens is 3. The molecule has 256 valence electrons. The largest absolute Gasteiger partial charge is 0.508 e. The lowest BCUT2D eigenvalue weighted by Crippen LogP contribution is -2.51. The van der Waals surface area contributed by atoms with Crippen LogP contribution in [0.1, 0.15) is 44.1 Å². The summed E-state index contributed by atoms with van der Waals surface area (Å²) in [7, 11) is 0. The van der Waals surface area contributed by atoms with E-state index in [-0.39, 0.29) is 69.9 Å². The van der Waals surface area contributed by atoms with Crippen LogP contribution >= 0.6 is 11.8 Å². The number of ether oxygens (including phenoxy) is 1. The molecule has 4 aliphatic heterocycles. The molecule has 2 aromatic carbocycles. The molecule has 4 atom stereocenters. The van der Waals surface area contributed by atoms with Crippen LogP contribution in [0.15, 0.2) is 30.5 Å².